The molecule has 0 bridgehead atoms. The summed E-state index contributed by atoms with van der Waals surface area (Å²) >= 11 is 4.75. The lowest BCUT2D eigenvalue weighted by Gasteiger charge is -2.33. The quantitative estimate of drug-likeness (QED) is 0.871. The van der Waals surface area contributed by atoms with Gasteiger partial charge >= 0.3 is 0 Å². The van der Waals surface area contributed by atoms with Gasteiger partial charge in [0.25, 0.3) is 0 Å². The van der Waals surface area contributed by atoms with Crippen molar-refractivity contribution >= 4 is 37.3 Å². The van der Waals surface area contributed by atoms with Crippen LogP contribution in [0.4, 0.5) is 0 Å². The highest BCUT2D eigenvalue weighted by atomic mass is 79.9. The molecule has 0 radical (unpaired) electrons. The van der Waals surface area contributed by atoms with Gasteiger partial charge in [-0.1, -0.05) is 19.8 Å². The molecule has 0 saturated heterocycles. The lowest BCUT2D eigenvalue weighted by Crippen LogP contribution is -2.39. The monoisotopic (exact) mass is 380 g/mol. The van der Waals surface area contributed by atoms with Crippen LogP contribution in [-0.4, -0.2) is 25.8 Å². The Kier molecular flexibility index (Phi) is 5.29. The van der Waals surface area contributed by atoms with Gasteiger partial charge in [-0.25, -0.2) is 8.42 Å². The van der Waals surface area contributed by atoms with Crippen LogP contribution in [0.15, 0.2) is 14.7 Å². The minimum absolute atomic E-state index is 0.108. The second-order valence-electron chi connectivity index (χ2n) is 5.50. The van der Waals surface area contributed by atoms with Crippen LogP contribution in [0.25, 0.3) is 0 Å². The van der Waals surface area contributed by atoms with Crippen molar-refractivity contribution in [2.24, 2.45) is 11.7 Å². The molecule has 1 saturated carbocycles. The van der Waals surface area contributed by atoms with Crippen molar-refractivity contribution in [3.8, 4) is 0 Å². The third kappa shape index (κ3) is 3.27. The molecule has 1 aromatic rings. The van der Waals surface area contributed by atoms with Crippen LogP contribution in [-0.2, 0) is 16.6 Å². The summed E-state index contributed by atoms with van der Waals surface area (Å²) in [5.41, 5.74) is 5.59. The number of nitrogens with zero attached hydrogens (tertiary/aromatic N) is 1. The number of thiophene rings is 1. The number of halogens is 1. The first kappa shape index (κ1) is 16.4. The topological polar surface area (TPSA) is 63.4 Å². The van der Waals surface area contributed by atoms with Gasteiger partial charge in [-0.2, -0.15) is 4.31 Å². The first-order valence-corrected chi connectivity index (χ1v) is 9.87. The first-order chi connectivity index (χ1) is 9.36. The van der Waals surface area contributed by atoms with Gasteiger partial charge in [-0.15, -0.1) is 11.3 Å². The Balaban J connectivity index is 2.26. The lowest BCUT2D eigenvalue weighted by molar-refractivity contribution is 0.239. The highest BCUT2D eigenvalue weighted by molar-refractivity contribution is 9.11. The van der Waals surface area contributed by atoms with Gasteiger partial charge in [0.05, 0.1) is 3.79 Å². The number of hydrogen-bond donors (Lipinski definition) is 1. The van der Waals surface area contributed by atoms with E-state index in [1.807, 2.05) is 0 Å². The van der Waals surface area contributed by atoms with E-state index in [1.165, 1.54) is 17.8 Å². The Bertz CT molecular complexity index is 571. The summed E-state index contributed by atoms with van der Waals surface area (Å²) in [4.78, 5) is 1.23. The van der Waals surface area contributed by atoms with Crippen LogP contribution in [0.5, 0.6) is 0 Å². The van der Waals surface area contributed by atoms with Crippen molar-refractivity contribution in [3.05, 3.63) is 14.7 Å². The molecule has 1 fully saturated rings. The summed E-state index contributed by atoms with van der Waals surface area (Å²) in [6.07, 6.45) is 4.20. The molecule has 0 aliphatic heterocycles. The van der Waals surface area contributed by atoms with Gasteiger partial charge in [0.2, 0.25) is 10.0 Å². The number of hydrogen-bond acceptors (Lipinski definition) is 4. The van der Waals surface area contributed by atoms with Crippen molar-refractivity contribution in [3.63, 3.8) is 0 Å². The highest BCUT2D eigenvalue weighted by Crippen LogP contribution is 2.36. The molecule has 114 valence electrons. The lowest BCUT2D eigenvalue weighted by atomic mass is 9.87. The third-order valence-corrected chi connectivity index (χ3v) is 8.17. The van der Waals surface area contributed by atoms with E-state index >= 15 is 0 Å². The molecule has 0 aromatic carbocycles. The Morgan fingerprint density at radius 1 is 1.50 bits per heavy atom. The van der Waals surface area contributed by atoms with Gasteiger partial charge in [0, 0.05) is 24.5 Å². The van der Waals surface area contributed by atoms with Crippen molar-refractivity contribution in [1.29, 1.82) is 0 Å². The predicted octanol–water partition coefficient (Wildman–Crippen LogP) is 3.17. The summed E-state index contributed by atoms with van der Waals surface area (Å²) in [5.74, 6) is 0.594. The zero-order chi connectivity index (χ0) is 14.9. The summed E-state index contributed by atoms with van der Waals surface area (Å²) in [6, 6.07) is 1.80. The molecule has 2 atom stereocenters. The van der Waals surface area contributed by atoms with E-state index in [4.69, 9.17) is 5.73 Å². The van der Waals surface area contributed by atoms with E-state index in [-0.39, 0.29) is 6.04 Å². The van der Waals surface area contributed by atoms with E-state index in [0.717, 1.165) is 24.1 Å². The number of sulfonamides is 1. The zero-order valence-electron chi connectivity index (χ0n) is 11.8. The summed E-state index contributed by atoms with van der Waals surface area (Å²) in [5, 5.41) is 0. The standard InChI is InChI=1S/C13H21BrN2O2S2/c1-9-4-3-5-10(6-9)16(2)20(17,18)12-7-11(8-15)19-13(12)14/h7,9-10H,3-6,8,15H2,1-2H3. The van der Waals surface area contributed by atoms with E-state index in [2.05, 4.69) is 22.9 Å². The maximum Gasteiger partial charge on any atom is 0.245 e. The molecule has 4 nitrogen and oxygen atoms in total. The van der Waals surface area contributed by atoms with E-state index in [1.54, 1.807) is 17.4 Å². The highest BCUT2D eigenvalue weighted by Gasteiger charge is 2.33. The average Bonchev–Trinajstić information content (AvgIpc) is 2.80. The normalized spacial score (nSPS) is 24.2. The fourth-order valence-corrected chi connectivity index (χ4v) is 6.66. The molecular weight excluding hydrogens is 360 g/mol. The summed E-state index contributed by atoms with van der Waals surface area (Å²) < 4.78 is 27.7. The van der Waals surface area contributed by atoms with Crippen LogP contribution in [0.1, 0.15) is 37.5 Å². The maximum atomic E-state index is 12.7. The molecule has 1 aliphatic carbocycles. The Labute approximate surface area is 133 Å². The van der Waals surface area contributed by atoms with Crippen LogP contribution >= 0.6 is 27.3 Å². The Morgan fingerprint density at radius 3 is 2.75 bits per heavy atom. The van der Waals surface area contributed by atoms with Crippen LogP contribution in [0.3, 0.4) is 0 Å². The molecule has 7 heteroatoms. The van der Waals surface area contributed by atoms with Crippen molar-refractivity contribution < 1.29 is 8.42 Å². The minimum atomic E-state index is -3.44. The first-order valence-electron chi connectivity index (χ1n) is 6.82. The Hall–Kier alpha value is 0.0500. The van der Waals surface area contributed by atoms with Gasteiger partial charge in [0.1, 0.15) is 4.90 Å². The molecule has 0 spiro atoms. The second-order valence-corrected chi connectivity index (χ2v) is 9.92. The molecule has 1 aromatic heterocycles. The second kappa shape index (κ2) is 6.44. The van der Waals surface area contributed by atoms with Crippen LogP contribution in [0, 0.1) is 5.92 Å². The van der Waals surface area contributed by atoms with Gasteiger partial charge < -0.3 is 5.73 Å². The number of nitrogens with two attached hydrogens (primary N) is 1. The van der Waals surface area contributed by atoms with Crippen LogP contribution < -0.4 is 5.73 Å². The van der Waals surface area contributed by atoms with Crippen molar-refractivity contribution in [2.45, 2.75) is 50.1 Å². The molecule has 0 amide bonds. The van der Waals surface area contributed by atoms with E-state index in [0.29, 0.717) is 21.1 Å². The fraction of sp³-hybridized carbons (Fsp3) is 0.692. The largest absolute Gasteiger partial charge is 0.326 e. The summed E-state index contributed by atoms with van der Waals surface area (Å²) in [6.45, 7) is 2.56. The van der Waals surface area contributed by atoms with Crippen LogP contribution in [0.2, 0.25) is 0 Å². The van der Waals surface area contributed by atoms with Gasteiger partial charge in [-0.3, -0.25) is 0 Å². The predicted molar refractivity (Wildman–Crippen MR) is 86.3 cm³/mol. The maximum absolute atomic E-state index is 12.7. The van der Waals surface area contributed by atoms with Gasteiger partial charge in [0.15, 0.2) is 0 Å². The van der Waals surface area contributed by atoms with E-state index in [9.17, 15) is 8.42 Å². The third-order valence-electron chi connectivity index (χ3n) is 3.99. The molecule has 2 rings (SSSR count). The molecule has 2 N–H and O–H groups in total. The molecule has 1 heterocycles. The minimum Gasteiger partial charge on any atom is -0.326 e. The molecule has 1 aliphatic rings. The zero-order valence-corrected chi connectivity index (χ0v) is 15.0. The summed E-state index contributed by atoms with van der Waals surface area (Å²) in [7, 11) is -1.74. The molecule has 2 unspecified atom stereocenters. The SMILES string of the molecule is CC1CCCC(N(C)S(=O)(=O)c2cc(CN)sc2Br)C1. The molecule has 20 heavy (non-hydrogen) atoms. The van der Waals surface area contributed by atoms with E-state index < -0.39 is 10.0 Å². The molecular formula is C13H21BrN2O2S2. The van der Waals surface area contributed by atoms with Crippen molar-refractivity contribution in [2.75, 3.05) is 7.05 Å². The van der Waals surface area contributed by atoms with Crippen molar-refractivity contribution in [1.82, 2.24) is 4.31 Å². The Morgan fingerprint density at radius 2 is 2.20 bits per heavy atom. The fourth-order valence-electron chi connectivity index (χ4n) is 2.76. The number of rotatable bonds is 4. The van der Waals surface area contributed by atoms with Gasteiger partial charge in [-0.05, 0) is 40.8 Å². The smallest absolute Gasteiger partial charge is 0.245 e. The average molecular weight is 381 g/mol.